The molecule has 1 N–H and O–H groups in total. The van der Waals surface area contributed by atoms with E-state index in [4.69, 9.17) is 0 Å². The zero-order valence-corrected chi connectivity index (χ0v) is 19.7. The van der Waals surface area contributed by atoms with Crippen molar-refractivity contribution in [2.75, 3.05) is 0 Å². The van der Waals surface area contributed by atoms with Crippen molar-refractivity contribution >= 4 is 23.8 Å². The number of carbonyl (C=O) groups excluding carboxylic acids is 4. The van der Waals surface area contributed by atoms with Gasteiger partial charge in [0.25, 0.3) is 5.91 Å². The minimum Gasteiger partial charge on any atom is -0.550 e. The molecule has 0 bridgehead atoms. The number of aromatic carboxylic acids is 1. The average molecular weight is 361 g/mol. The van der Waals surface area contributed by atoms with E-state index in [0.717, 1.165) is 6.07 Å². The summed E-state index contributed by atoms with van der Waals surface area (Å²) >= 11 is 0. The number of carboxylic acid groups (broad SMARTS) is 3. The van der Waals surface area contributed by atoms with E-state index < -0.39 is 48.3 Å². The van der Waals surface area contributed by atoms with E-state index >= 15 is 0 Å². The maximum absolute atomic E-state index is 11.9. The van der Waals surface area contributed by atoms with Gasteiger partial charge in [-0.1, -0.05) is 18.2 Å². The van der Waals surface area contributed by atoms with Gasteiger partial charge in [-0.3, -0.25) is 4.79 Å². The number of hydrogen-bond acceptors (Lipinski definition) is 7. The zero-order chi connectivity index (χ0) is 16.0. The maximum atomic E-state index is 11.9. The third-order valence-electron chi connectivity index (χ3n) is 2.62. The molecule has 1 amide bonds. The fraction of sp³-hybridized carbons (Fsp3) is 0.231. The van der Waals surface area contributed by atoms with Crippen molar-refractivity contribution < 1.29 is 123 Å². The van der Waals surface area contributed by atoms with E-state index in [1.54, 1.807) is 0 Å². The summed E-state index contributed by atoms with van der Waals surface area (Å²) in [6, 6.07) is 3.47. The zero-order valence-electron chi connectivity index (χ0n) is 13.7. The number of amides is 1. The van der Waals surface area contributed by atoms with Gasteiger partial charge >= 0.3 is 88.7 Å². The number of hydrogen-bond donors (Lipinski definition) is 1. The predicted octanol–water partition coefficient (Wildman–Crippen LogP) is -12.6. The number of benzene rings is 1. The molecule has 1 aromatic rings. The van der Waals surface area contributed by atoms with E-state index in [-0.39, 0.29) is 94.2 Å². The van der Waals surface area contributed by atoms with Crippen molar-refractivity contribution in [3.63, 3.8) is 0 Å². The first-order valence-corrected chi connectivity index (χ1v) is 5.85. The summed E-state index contributed by atoms with van der Waals surface area (Å²) in [6.07, 6.45) is -1.04. The van der Waals surface area contributed by atoms with Crippen molar-refractivity contribution in [1.29, 1.82) is 0 Å². The molecule has 0 aliphatic heterocycles. The molecule has 8 nitrogen and oxygen atoms in total. The van der Waals surface area contributed by atoms with Crippen LogP contribution in [0, 0.1) is 0 Å². The molecule has 0 saturated carbocycles. The van der Waals surface area contributed by atoms with Crippen LogP contribution in [0.4, 0.5) is 0 Å². The van der Waals surface area contributed by atoms with Gasteiger partial charge in [0.2, 0.25) is 0 Å². The van der Waals surface area contributed by atoms with Crippen LogP contribution in [-0.2, 0) is 9.59 Å². The van der Waals surface area contributed by atoms with Crippen molar-refractivity contribution in [3.8, 4) is 0 Å². The standard InChI is InChI=1S/C13H13NO7.3Na/c15-10(16)6-5-9(13(20)21)14-11(17)7-3-1-2-4-8(7)12(18)19;;;/h1-4,9H,5-6H2,(H,14,17)(H,15,16)(H,18,19)(H,20,21);;;/q;3*+1/p-3. The maximum Gasteiger partial charge on any atom is 1.00 e. The molecule has 1 rings (SSSR count). The Bertz CT molecular complexity index is 595. The molecule has 0 radical (unpaired) electrons. The van der Waals surface area contributed by atoms with Gasteiger partial charge in [-0.25, -0.2) is 0 Å². The van der Waals surface area contributed by atoms with Crippen LogP contribution in [0.15, 0.2) is 24.3 Å². The Hall–Kier alpha value is 0.100. The van der Waals surface area contributed by atoms with Crippen LogP contribution in [0.3, 0.4) is 0 Å². The topological polar surface area (TPSA) is 149 Å². The summed E-state index contributed by atoms with van der Waals surface area (Å²) in [6.45, 7) is 0. The second-order valence-corrected chi connectivity index (χ2v) is 4.09. The SMILES string of the molecule is O=C([O-])CCC(NC(=O)c1ccccc1C(=O)[O-])C(=O)[O-].[Na+].[Na+].[Na+]. The van der Waals surface area contributed by atoms with Gasteiger partial charge in [0.15, 0.2) is 0 Å². The molecule has 1 aromatic carbocycles. The summed E-state index contributed by atoms with van der Waals surface area (Å²) in [5.41, 5.74) is -0.704. The molecule has 0 fully saturated rings. The number of aliphatic carboxylic acids is 2. The molecular weight excluding hydrogens is 351 g/mol. The van der Waals surface area contributed by atoms with Crippen LogP contribution in [0.2, 0.25) is 0 Å². The van der Waals surface area contributed by atoms with Gasteiger partial charge in [-0.05, 0) is 18.9 Å². The van der Waals surface area contributed by atoms with Crippen LogP contribution >= 0.6 is 0 Å². The molecule has 112 valence electrons. The van der Waals surface area contributed by atoms with Crippen molar-refractivity contribution in [3.05, 3.63) is 35.4 Å². The van der Waals surface area contributed by atoms with Crippen molar-refractivity contribution in [1.82, 2.24) is 5.32 Å². The van der Waals surface area contributed by atoms with Gasteiger partial charge < -0.3 is 35.0 Å². The number of rotatable bonds is 7. The first-order chi connectivity index (χ1) is 9.82. The van der Waals surface area contributed by atoms with Gasteiger partial charge in [-0.15, -0.1) is 0 Å². The molecule has 0 heterocycles. The molecule has 0 aromatic heterocycles. The van der Waals surface area contributed by atoms with Crippen LogP contribution in [0.1, 0.15) is 33.6 Å². The molecule has 0 aliphatic rings. The Morgan fingerprint density at radius 1 is 0.917 bits per heavy atom. The van der Waals surface area contributed by atoms with E-state index in [1.807, 2.05) is 5.32 Å². The number of carboxylic acids is 3. The molecule has 0 aliphatic carbocycles. The smallest absolute Gasteiger partial charge is 0.550 e. The molecule has 24 heavy (non-hydrogen) atoms. The first kappa shape index (κ1) is 28.9. The van der Waals surface area contributed by atoms with Crippen LogP contribution in [0.5, 0.6) is 0 Å². The van der Waals surface area contributed by atoms with E-state index in [1.165, 1.54) is 18.2 Å². The fourth-order valence-electron chi connectivity index (χ4n) is 1.61. The van der Waals surface area contributed by atoms with E-state index in [9.17, 15) is 34.5 Å². The van der Waals surface area contributed by atoms with Gasteiger partial charge in [0.05, 0.1) is 18.0 Å². The Kier molecular flexibility index (Phi) is 17.2. The van der Waals surface area contributed by atoms with Gasteiger partial charge in [-0.2, -0.15) is 0 Å². The largest absolute Gasteiger partial charge is 1.00 e. The first-order valence-electron chi connectivity index (χ1n) is 5.85. The number of carbonyl (C=O) groups is 4. The number of nitrogens with one attached hydrogen (secondary N) is 1. The molecule has 11 heteroatoms. The summed E-state index contributed by atoms with van der Waals surface area (Å²) in [5, 5.41) is 34.0. The quantitative estimate of drug-likeness (QED) is 0.474. The van der Waals surface area contributed by atoms with Crippen LogP contribution < -0.4 is 109 Å². The predicted molar refractivity (Wildman–Crippen MR) is 61.3 cm³/mol. The summed E-state index contributed by atoms with van der Waals surface area (Å²) in [7, 11) is 0. The third-order valence-corrected chi connectivity index (χ3v) is 2.62. The summed E-state index contributed by atoms with van der Waals surface area (Å²) in [4.78, 5) is 43.9. The second kappa shape index (κ2) is 14.3. The Morgan fingerprint density at radius 3 is 1.83 bits per heavy atom. The van der Waals surface area contributed by atoms with E-state index in [2.05, 4.69) is 0 Å². The third kappa shape index (κ3) is 9.55. The summed E-state index contributed by atoms with van der Waals surface area (Å²) < 4.78 is 0. The minimum atomic E-state index is -1.68. The molecule has 1 atom stereocenters. The molecule has 0 saturated heterocycles. The fourth-order valence-corrected chi connectivity index (χ4v) is 1.61. The van der Waals surface area contributed by atoms with E-state index in [0.29, 0.717) is 0 Å². The Labute approximate surface area is 204 Å². The van der Waals surface area contributed by atoms with Gasteiger partial charge in [0.1, 0.15) is 0 Å². The second-order valence-electron chi connectivity index (χ2n) is 4.09. The van der Waals surface area contributed by atoms with Crippen molar-refractivity contribution in [2.24, 2.45) is 0 Å². The van der Waals surface area contributed by atoms with Crippen molar-refractivity contribution in [2.45, 2.75) is 18.9 Å². The monoisotopic (exact) mass is 361 g/mol. The van der Waals surface area contributed by atoms with Gasteiger partial charge in [0, 0.05) is 17.1 Å². The molecule has 1 unspecified atom stereocenters. The molecule has 0 spiro atoms. The minimum absolute atomic E-state index is 0. The Balaban J connectivity index is -0.00000147. The van der Waals surface area contributed by atoms with Crippen LogP contribution in [0.25, 0.3) is 0 Å². The normalized spacial score (nSPS) is 10.0. The molecular formula is C13H10NNa3O7. The Morgan fingerprint density at radius 2 is 1.42 bits per heavy atom. The summed E-state index contributed by atoms with van der Waals surface area (Å²) in [5.74, 6) is -5.75. The average Bonchev–Trinajstić information content (AvgIpc) is 2.42. The van der Waals surface area contributed by atoms with Crippen LogP contribution in [-0.4, -0.2) is 29.9 Å².